The van der Waals surface area contributed by atoms with Crippen LogP contribution in [-0.2, 0) is 7.05 Å². The molecule has 1 amide bonds. The van der Waals surface area contributed by atoms with E-state index in [1.165, 1.54) is 11.3 Å². The highest BCUT2D eigenvalue weighted by Crippen LogP contribution is 2.26. The molecule has 0 aliphatic carbocycles. The van der Waals surface area contributed by atoms with Crippen molar-refractivity contribution < 1.29 is 4.79 Å². The highest BCUT2D eigenvalue weighted by molar-refractivity contribution is 7.17. The number of aryl methyl sites for hydroxylation is 1. The smallest absolute Gasteiger partial charge is 0.269 e. The first kappa shape index (κ1) is 16.8. The van der Waals surface area contributed by atoms with E-state index in [0.29, 0.717) is 16.7 Å². The molecule has 2 N–H and O–H groups in total. The van der Waals surface area contributed by atoms with Crippen molar-refractivity contribution in [3.8, 4) is 10.6 Å². The molecule has 0 unspecified atom stereocenters. The second-order valence-corrected chi connectivity index (χ2v) is 7.19. The summed E-state index contributed by atoms with van der Waals surface area (Å²) in [5.74, 6) is 1.37. The number of amides is 1. The highest BCUT2D eigenvalue weighted by Gasteiger charge is 2.22. The fourth-order valence-corrected chi connectivity index (χ4v) is 3.75. The summed E-state index contributed by atoms with van der Waals surface area (Å²) in [5.41, 5.74) is 0.941. The SMILES string of the molecule is Cn1nc(C2CCNCC2)nc1NC(=O)c1cnc(-c2ccncc2)s1. The van der Waals surface area contributed by atoms with Crippen LogP contribution in [0.25, 0.3) is 10.6 Å². The number of hydrogen-bond acceptors (Lipinski definition) is 7. The second kappa shape index (κ2) is 7.30. The predicted molar refractivity (Wildman–Crippen MR) is 99.1 cm³/mol. The molecule has 134 valence electrons. The molecule has 0 radical (unpaired) electrons. The molecule has 1 fully saturated rings. The Hall–Kier alpha value is -2.65. The van der Waals surface area contributed by atoms with E-state index in [9.17, 15) is 4.79 Å². The van der Waals surface area contributed by atoms with E-state index >= 15 is 0 Å². The van der Waals surface area contributed by atoms with Crippen molar-refractivity contribution in [3.05, 3.63) is 41.4 Å². The van der Waals surface area contributed by atoms with Gasteiger partial charge in [-0.05, 0) is 38.1 Å². The lowest BCUT2D eigenvalue weighted by molar-refractivity contribution is 0.102. The molecule has 0 bridgehead atoms. The molecule has 0 spiro atoms. The Balaban J connectivity index is 1.48. The third-order valence-electron chi connectivity index (χ3n) is 4.37. The maximum Gasteiger partial charge on any atom is 0.269 e. The number of aromatic nitrogens is 5. The summed E-state index contributed by atoms with van der Waals surface area (Å²) in [7, 11) is 1.79. The highest BCUT2D eigenvalue weighted by atomic mass is 32.1. The van der Waals surface area contributed by atoms with E-state index in [4.69, 9.17) is 0 Å². The van der Waals surface area contributed by atoms with Crippen LogP contribution in [0.3, 0.4) is 0 Å². The average Bonchev–Trinajstić information content (AvgIpc) is 3.31. The first-order chi connectivity index (χ1) is 12.7. The largest absolute Gasteiger partial charge is 0.317 e. The van der Waals surface area contributed by atoms with Gasteiger partial charge in [0.25, 0.3) is 5.91 Å². The zero-order valence-corrected chi connectivity index (χ0v) is 15.2. The maximum absolute atomic E-state index is 12.6. The molecule has 0 aromatic carbocycles. The molecule has 0 atom stereocenters. The van der Waals surface area contributed by atoms with Crippen LogP contribution >= 0.6 is 11.3 Å². The third kappa shape index (κ3) is 3.49. The standard InChI is InChI=1S/C17H19N7OS/c1-24-17(21-14(23-24)11-2-6-18-7-3-11)22-15(25)13-10-20-16(26-13)12-4-8-19-9-5-12/h4-5,8-11,18H,2-3,6-7H2,1H3,(H,21,22,23,25). The minimum absolute atomic E-state index is 0.227. The van der Waals surface area contributed by atoms with Crippen molar-refractivity contribution in [2.24, 2.45) is 7.05 Å². The number of pyridine rings is 1. The van der Waals surface area contributed by atoms with Crippen LogP contribution in [0.5, 0.6) is 0 Å². The summed E-state index contributed by atoms with van der Waals surface area (Å²) < 4.78 is 1.63. The molecule has 1 aliphatic heterocycles. The van der Waals surface area contributed by atoms with Gasteiger partial charge in [-0.25, -0.2) is 9.67 Å². The van der Waals surface area contributed by atoms with E-state index in [2.05, 4.69) is 30.7 Å². The summed E-state index contributed by atoms with van der Waals surface area (Å²) >= 11 is 1.34. The van der Waals surface area contributed by atoms with Crippen LogP contribution < -0.4 is 10.6 Å². The predicted octanol–water partition coefficient (Wildman–Crippen LogP) is 2.05. The van der Waals surface area contributed by atoms with Gasteiger partial charge in [0, 0.05) is 30.9 Å². The van der Waals surface area contributed by atoms with E-state index < -0.39 is 0 Å². The van der Waals surface area contributed by atoms with Crippen molar-refractivity contribution >= 4 is 23.2 Å². The van der Waals surface area contributed by atoms with Gasteiger partial charge in [0.2, 0.25) is 5.95 Å². The molecule has 26 heavy (non-hydrogen) atoms. The summed E-state index contributed by atoms with van der Waals surface area (Å²) in [4.78, 5) is 25.9. The lowest BCUT2D eigenvalue weighted by Gasteiger charge is -2.19. The van der Waals surface area contributed by atoms with E-state index in [1.807, 2.05) is 12.1 Å². The average molecular weight is 369 g/mol. The monoisotopic (exact) mass is 369 g/mol. The van der Waals surface area contributed by atoms with Gasteiger partial charge in [-0.3, -0.25) is 15.1 Å². The number of piperidine rings is 1. The number of hydrogen-bond donors (Lipinski definition) is 2. The zero-order chi connectivity index (χ0) is 17.9. The molecule has 3 aromatic heterocycles. The summed E-state index contributed by atoms with van der Waals surface area (Å²) in [5, 5.41) is 11.4. The van der Waals surface area contributed by atoms with Gasteiger partial charge < -0.3 is 5.32 Å². The van der Waals surface area contributed by atoms with Gasteiger partial charge in [0.1, 0.15) is 9.88 Å². The van der Waals surface area contributed by atoms with E-state index in [0.717, 1.165) is 42.3 Å². The molecule has 8 nitrogen and oxygen atoms in total. The number of carbonyl (C=O) groups excluding carboxylic acids is 1. The Labute approximate surface area is 154 Å². The third-order valence-corrected chi connectivity index (χ3v) is 5.41. The molecular weight excluding hydrogens is 350 g/mol. The van der Waals surface area contributed by atoms with Crippen molar-refractivity contribution in [1.29, 1.82) is 0 Å². The number of nitrogens with zero attached hydrogens (tertiary/aromatic N) is 5. The Morgan fingerprint density at radius 3 is 2.85 bits per heavy atom. The number of carbonyl (C=O) groups is 1. The Kier molecular flexibility index (Phi) is 4.72. The lowest BCUT2D eigenvalue weighted by Crippen LogP contribution is -2.27. The molecule has 4 heterocycles. The van der Waals surface area contributed by atoms with E-state index in [1.54, 1.807) is 30.3 Å². The quantitative estimate of drug-likeness (QED) is 0.730. The minimum Gasteiger partial charge on any atom is -0.317 e. The van der Waals surface area contributed by atoms with Crippen molar-refractivity contribution in [2.75, 3.05) is 18.4 Å². The van der Waals surface area contributed by atoms with Crippen LogP contribution in [0.15, 0.2) is 30.7 Å². The normalized spacial score (nSPS) is 15.1. The first-order valence-corrected chi connectivity index (χ1v) is 9.31. The lowest BCUT2D eigenvalue weighted by atomic mass is 9.98. The Morgan fingerprint density at radius 1 is 1.31 bits per heavy atom. The van der Waals surface area contributed by atoms with Crippen LogP contribution in [0.2, 0.25) is 0 Å². The molecule has 1 aliphatic rings. The Bertz CT molecular complexity index is 899. The van der Waals surface area contributed by atoms with Gasteiger partial charge in [0.15, 0.2) is 5.82 Å². The second-order valence-electron chi connectivity index (χ2n) is 6.16. The number of thiazole rings is 1. The van der Waals surface area contributed by atoms with Gasteiger partial charge in [0.05, 0.1) is 6.20 Å². The van der Waals surface area contributed by atoms with Crippen LogP contribution in [0.1, 0.15) is 34.3 Å². The van der Waals surface area contributed by atoms with Crippen LogP contribution in [0, 0.1) is 0 Å². The number of rotatable bonds is 4. The fraction of sp³-hybridized carbons (Fsp3) is 0.353. The molecule has 9 heteroatoms. The summed E-state index contributed by atoms with van der Waals surface area (Å²) in [6, 6.07) is 3.74. The van der Waals surface area contributed by atoms with Gasteiger partial charge in [-0.2, -0.15) is 10.1 Å². The Morgan fingerprint density at radius 2 is 2.08 bits per heavy atom. The van der Waals surface area contributed by atoms with Crippen molar-refractivity contribution in [1.82, 2.24) is 30.0 Å². The molecule has 3 aromatic rings. The summed E-state index contributed by atoms with van der Waals surface area (Å²) in [6.45, 7) is 1.95. The number of anilines is 1. The zero-order valence-electron chi connectivity index (χ0n) is 14.3. The molecule has 4 rings (SSSR count). The maximum atomic E-state index is 12.6. The van der Waals surface area contributed by atoms with Gasteiger partial charge in [-0.15, -0.1) is 11.3 Å². The van der Waals surface area contributed by atoms with Crippen molar-refractivity contribution in [3.63, 3.8) is 0 Å². The van der Waals surface area contributed by atoms with Crippen LogP contribution in [-0.4, -0.2) is 43.7 Å². The van der Waals surface area contributed by atoms with Gasteiger partial charge >= 0.3 is 0 Å². The van der Waals surface area contributed by atoms with Crippen LogP contribution in [0.4, 0.5) is 5.95 Å². The molecule has 1 saturated heterocycles. The topological polar surface area (TPSA) is 97.6 Å². The first-order valence-electron chi connectivity index (χ1n) is 8.50. The fourth-order valence-electron chi connectivity index (χ4n) is 2.94. The number of nitrogens with one attached hydrogen (secondary N) is 2. The van der Waals surface area contributed by atoms with Gasteiger partial charge in [-0.1, -0.05) is 0 Å². The van der Waals surface area contributed by atoms with E-state index in [-0.39, 0.29) is 5.91 Å². The molecular formula is C17H19N7OS. The van der Waals surface area contributed by atoms with Crippen molar-refractivity contribution in [2.45, 2.75) is 18.8 Å². The minimum atomic E-state index is -0.227. The molecule has 0 saturated carbocycles. The summed E-state index contributed by atoms with van der Waals surface area (Å²) in [6.07, 6.45) is 7.03.